The Bertz CT molecular complexity index is 603. The molecule has 3 nitrogen and oxygen atoms in total. The van der Waals surface area contributed by atoms with Crippen LogP contribution in [0.15, 0.2) is 30.3 Å². The van der Waals surface area contributed by atoms with Crippen molar-refractivity contribution in [1.29, 1.82) is 0 Å². The van der Waals surface area contributed by atoms with Gasteiger partial charge in [-0.25, -0.2) is 0 Å². The number of nitrogens with zero attached hydrogens (tertiary/aromatic N) is 1. The fraction of sp³-hybridized carbons (Fsp3) is 0.731. The van der Waals surface area contributed by atoms with Crippen LogP contribution in [0.25, 0.3) is 0 Å². The smallest absolute Gasteiger partial charge is 0.228 e. The number of alkyl halides is 1. The molecule has 3 fully saturated rings. The number of halogens is 1. The number of aryl methyl sites for hydroxylation is 1. The first kappa shape index (κ1) is 25.2. The lowest BCUT2D eigenvalue weighted by atomic mass is 9.61. The summed E-state index contributed by atoms with van der Waals surface area (Å²) in [6.45, 7) is 8.34. The summed E-state index contributed by atoms with van der Waals surface area (Å²) in [5.74, 6) is 2.79. The van der Waals surface area contributed by atoms with Gasteiger partial charge in [-0.3, -0.25) is 4.79 Å². The fourth-order valence-electron chi connectivity index (χ4n) is 5.63. The van der Waals surface area contributed by atoms with Crippen molar-refractivity contribution in [3.8, 4) is 0 Å². The van der Waals surface area contributed by atoms with Crippen molar-refractivity contribution in [2.45, 2.75) is 78.2 Å². The van der Waals surface area contributed by atoms with Gasteiger partial charge in [0, 0.05) is 24.4 Å². The van der Waals surface area contributed by atoms with Gasteiger partial charge in [0.05, 0.1) is 0 Å². The second-order valence-electron chi connectivity index (χ2n) is 9.69. The summed E-state index contributed by atoms with van der Waals surface area (Å²) in [4.78, 5) is 15.2. The van der Waals surface area contributed by atoms with E-state index in [0.29, 0.717) is 11.9 Å². The molecule has 4 rings (SSSR count). The van der Waals surface area contributed by atoms with Crippen LogP contribution in [-0.2, 0) is 4.79 Å². The van der Waals surface area contributed by atoms with E-state index in [0.717, 1.165) is 56.5 Å². The summed E-state index contributed by atoms with van der Waals surface area (Å²) in [6.07, 6.45) is 10.0. The van der Waals surface area contributed by atoms with Crippen LogP contribution in [0.1, 0.15) is 70.8 Å². The molecule has 30 heavy (non-hydrogen) atoms. The van der Waals surface area contributed by atoms with E-state index in [1.807, 2.05) is 32.2 Å². The Balaban J connectivity index is 0.000000266. The van der Waals surface area contributed by atoms with Crippen molar-refractivity contribution < 1.29 is 4.79 Å². The number of fused-ring (bicyclic) bond motifs is 2. The summed E-state index contributed by atoms with van der Waals surface area (Å²) in [5, 5.41) is 3.39. The number of benzene rings is 1. The number of piperidine rings is 1. The third-order valence-corrected chi connectivity index (χ3v) is 7.00. The summed E-state index contributed by atoms with van der Waals surface area (Å²) >= 11 is 5.00. The highest BCUT2D eigenvalue weighted by molar-refractivity contribution is 6.17. The first-order chi connectivity index (χ1) is 14.4. The van der Waals surface area contributed by atoms with Crippen LogP contribution in [0.2, 0.25) is 0 Å². The maximum Gasteiger partial charge on any atom is 0.228 e. The molecule has 2 saturated carbocycles. The molecule has 0 aromatic heterocycles. The number of nitrogens with one attached hydrogen (secondary N) is 1. The van der Waals surface area contributed by atoms with Crippen LogP contribution in [0.3, 0.4) is 0 Å². The highest BCUT2D eigenvalue weighted by Gasteiger charge is 2.45. The zero-order chi connectivity index (χ0) is 22.0. The molecule has 2 bridgehead atoms. The standard InChI is InChI=1S/C17H30N2O.C7H8.C2H5Cl/c1-17(11-13-4-3-5-14(10-13)12-17)16(20)19(2)15-6-8-18-9-7-15;1-7-5-3-2-4-6-7;1-2-3/h13-15,18H,3-12H2,1-2H3;2-6H,1H3;2H2,1H3. The first-order valence-electron chi connectivity index (χ1n) is 11.9. The average molecular weight is 435 g/mol. The molecule has 2 unspecified atom stereocenters. The van der Waals surface area contributed by atoms with Gasteiger partial charge in [-0.1, -0.05) is 69.0 Å². The predicted octanol–water partition coefficient (Wildman–Crippen LogP) is 6.04. The van der Waals surface area contributed by atoms with E-state index < -0.39 is 0 Å². The number of hydrogen-bond acceptors (Lipinski definition) is 2. The first-order valence-corrected chi connectivity index (χ1v) is 12.5. The molecule has 1 saturated heterocycles. The minimum atomic E-state index is -0.0758. The minimum Gasteiger partial charge on any atom is -0.342 e. The van der Waals surface area contributed by atoms with Crippen LogP contribution in [0.4, 0.5) is 0 Å². The Hall–Kier alpha value is -1.06. The molecular weight excluding hydrogens is 392 g/mol. The molecule has 2 aliphatic carbocycles. The molecule has 3 aliphatic rings. The monoisotopic (exact) mass is 434 g/mol. The van der Waals surface area contributed by atoms with Gasteiger partial charge in [0.25, 0.3) is 0 Å². The Morgan fingerprint density at radius 1 is 1.10 bits per heavy atom. The van der Waals surface area contributed by atoms with Gasteiger partial charge in [-0.05, 0) is 64.0 Å². The van der Waals surface area contributed by atoms with Crippen molar-refractivity contribution >= 4 is 17.5 Å². The van der Waals surface area contributed by atoms with Gasteiger partial charge in [-0.2, -0.15) is 0 Å². The van der Waals surface area contributed by atoms with Gasteiger partial charge < -0.3 is 10.2 Å². The minimum absolute atomic E-state index is 0.0758. The van der Waals surface area contributed by atoms with E-state index in [2.05, 4.69) is 36.2 Å². The van der Waals surface area contributed by atoms with E-state index in [-0.39, 0.29) is 5.41 Å². The lowest BCUT2D eigenvalue weighted by Crippen LogP contribution is -2.51. The zero-order valence-corrected chi connectivity index (χ0v) is 20.4. The highest BCUT2D eigenvalue weighted by Crippen LogP contribution is 2.49. The second kappa shape index (κ2) is 12.7. The maximum atomic E-state index is 13.1. The van der Waals surface area contributed by atoms with E-state index in [1.165, 1.54) is 31.2 Å². The third kappa shape index (κ3) is 7.57. The molecule has 2 atom stereocenters. The van der Waals surface area contributed by atoms with Crippen LogP contribution in [-0.4, -0.2) is 42.9 Å². The van der Waals surface area contributed by atoms with Crippen molar-refractivity contribution in [2.24, 2.45) is 17.3 Å². The van der Waals surface area contributed by atoms with E-state index >= 15 is 0 Å². The zero-order valence-electron chi connectivity index (χ0n) is 19.6. The molecule has 1 aromatic rings. The summed E-state index contributed by atoms with van der Waals surface area (Å²) in [6, 6.07) is 10.7. The maximum absolute atomic E-state index is 13.1. The quantitative estimate of drug-likeness (QED) is 0.575. The normalized spacial score (nSPS) is 28.3. The van der Waals surface area contributed by atoms with Crippen LogP contribution in [0.5, 0.6) is 0 Å². The SMILES string of the molecule is CCCl.CN(C(=O)C1(C)CC2CCCC(C2)C1)C1CCNCC1.Cc1ccccc1. The van der Waals surface area contributed by atoms with E-state index in [9.17, 15) is 4.79 Å². The topological polar surface area (TPSA) is 32.3 Å². The summed E-state index contributed by atoms with van der Waals surface area (Å²) in [5.41, 5.74) is 1.25. The van der Waals surface area contributed by atoms with Crippen molar-refractivity contribution in [3.63, 3.8) is 0 Å². The lowest BCUT2D eigenvalue weighted by Gasteiger charge is -2.47. The number of hydrogen-bond donors (Lipinski definition) is 1. The molecule has 0 radical (unpaired) electrons. The van der Waals surface area contributed by atoms with Gasteiger partial charge in [0.15, 0.2) is 0 Å². The molecule has 1 amide bonds. The molecule has 1 heterocycles. The second-order valence-corrected chi connectivity index (χ2v) is 10.2. The number of carbonyl (C=O) groups excluding carboxylic acids is 1. The third-order valence-electron chi connectivity index (χ3n) is 7.00. The Morgan fingerprint density at radius 2 is 1.63 bits per heavy atom. The van der Waals surface area contributed by atoms with Gasteiger partial charge >= 0.3 is 0 Å². The van der Waals surface area contributed by atoms with Gasteiger partial charge in [0.2, 0.25) is 5.91 Å². The van der Waals surface area contributed by atoms with Crippen molar-refractivity contribution in [1.82, 2.24) is 10.2 Å². The van der Waals surface area contributed by atoms with Crippen molar-refractivity contribution in [2.75, 3.05) is 26.0 Å². The highest BCUT2D eigenvalue weighted by atomic mass is 35.5. The van der Waals surface area contributed by atoms with Gasteiger partial charge in [0.1, 0.15) is 0 Å². The number of carbonyl (C=O) groups is 1. The average Bonchev–Trinajstić information content (AvgIpc) is 2.74. The van der Waals surface area contributed by atoms with Gasteiger partial charge in [-0.15, -0.1) is 11.6 Å². The van der Waals surface area contributed by atoms with Crippen LogP contribution >= 0.6 is 11.6 Å². The predicted molar refractivity (Wildman–Crippen MR) is 129 cm³/mol. The van der Waals surface area contributed by atoms with E-state index in [1.54, 1.807) is 0 Å². The molecule has 1 aromatic carbocycles. The molecule has 4 heteroatoms. The summed E-state index contributed by atoms with van der Waals surface area (Å²) in [7, 11) is 2.05. The number of amides is 1. The Kier molecular flexibility index (Phi) is 10.7. The number of rotatable bonds is 2. The molecule has 170 valence electrons. The Labute approximate surface area is 189 Å². The van der Waals surface area contributed by atoms with Crippen LogP contribution in [0, 0.1) is 24.2 Å². The van der Waals surface area contributed by atoms with Crippen LogP contribution < -0.4 is 5.32 Å². The largest absolute Gasteiger partial charge is 0.342 e. The van der Waals surface area contributed by atoms with E-state index in [4.69, 9.17) is 11.6 Å². The fourth-order valence-corrected chi connectivity index (χ4v) is 5.63. The molecule has 1 N–H and O–H groups in total. The lowest BCUT2D eigenvalue weighted by molar-refractivity contribution is -0.147. The summed E-state index contributed by atoms with van der Waals surface area (Å²) < 4.78 is 0. The molecule has 0 spiro atoms. The molecular formula is C26H43ClN2O. The molecule has 1 aliphatic heterocycles. The Morgan fingerprint density at radius 3 is 2.10 bits per heavy atom. The van der Waals surface area contributed by atoms with Crippen molar-refractivity contribution in [3.05, 3.63) is 35.9 Å².